The van der Waals surface area contributed by atoms with Crippen LogP contribution in [-0.2, 0) is 0 Å². The molecule has 1 atom stereocenters. The normalized spacial score (nSPS) is 12.0. The van der Waals surface area contributed by atoms with Gasteiger partial charge in [-0.05, 0) is 31.2 Å². The van der Waals surface area contributed by atoms with E-state index in [9.17, 15) is 13.6 Å². The molecule has 0 bridgehead atoms. The van der Waals surface area contributed by atoms with Crippen LogP contribution < -0.4 is 11.1 Å². The largest absolute Gasteiger partial charge is 0.397 e. The predicted octanol–water partition coefficient (Wildman–Crippen LogP) is 3.69. The molecule has 2 rings (SSSR count). The van der Waals surface area contributed by atoms with Crippen LogP contribution in [0.2, 0.25) is 5.02 Å². The molecule has 0 saturated carbocycles. The van der Waals surface area contributed by atoms with E-state index in [4.69, 9.17) is 17.3 Å². The topological polar surface area (TPSA) is 55.1 Å². The monoisotopic (exact) mass is 310 g/mol. The zero-order valence-corrected chi connectivity index (χ0v) is 11.9. The lowest BCUT2D eigenvalue weighted by Gasteiger charge is -2.16. The van der Waals surface area contributed by atoms with Crippen LogP contribution in [0.3, 0.4) is 0 Å². The number of hydrogen-bond acceptors (Lipinski definition) is 2. The second-order valence-corrected chi connectivity index (χ2v) is 4.94. The number of nitrogens with two attached hydrogens (primary N) is 1. The number of benzene rings is 2. The van der Waals surface area contributed by atoms with E-state index < -0.39 is 23.6 Å². The van der Waals surface area contributed by atoms with Gasteiger partial charge in [-0.25, -0.2) is 8.78 Å². The molecule has 21 heavy (non-hydrogen) atoms. The first-order valence-corrected chi connectivity index (χ1v) is 6.58. The Bertz CT molecular complexity index is 671. The van der Waals surface area contributed by atoms with Crippen LogP contribution in [0.5, 0.6) is 0 Å². The Balaban J connectivity index is 2.25. The number of carbonyl (C=O) groups is 1. The van der Waals surface area contributed by atoms with Gasteiger partial charge in [0.25, 0.3) is 5.91 Å². The lowest BCUT2D eigenvalue weighted by Crippen LogP contribution is -2.28. The van der Waals surface area contributed by atoms with Crippen molar-refractivity contribution in [3.8, 4) is 0 Å². The van der Waals surface area contributed by atoms with Crippen molar-refractivity contribution >= 4 is 23.2 Å². The van der Waals surface area contributed by atoms with Gasteiger partial charge in [0.15, 0.2) is 0 Å². The molecule has 1 amide bonds. The Morgan fingerprint density at radius 1 is 1.19 bits per heavy atom. The van der Waals surface area contributed by atoms with Crippen molar-refractivity contribution in [3.05, 3.63) is 64.2 Å². The number of halogens is 3. The summed E-state index contributed by atoms with van der Waals surface area (Å²) < 4.78 is 27.3. The molecule has 0 aromatic heterocycles. The maximum Gasteiger partial charge on any atom is 0.253 e. The van der Waals surface area contributed by atoms with E-state index in [-0.39, 0.29) is 21.8 Å². The number of hydrogen-bond donors (Lipinski definition) is 2. The fraction of sp³-hybridized carbons (Fsp3) is 0.133. The molecule has 6 heteroatoms. The minimum absolute atomic E-state index is 0.123. The van der Waals surface area contributed by atoms with Crippen molar-refractivity contribution in [2.45, 2.75) is 13.0 Å². The second kappa shape index (κ2) is 6.10. The second-order valence-electron chi connectivity index (χ2n) is 4.53. The van der Waals surface area contributed by atoms with Crippen molar-refractivity contribution in [2.75, 3.05) is 5.73 Å². The summed E-state index contributed by atoms with van der Waals surface area (Å²) in [7, 11) is 0. The molecule has 1 unspecified atom stereocenters. The minimum atomic E-state index is -0.850. The van der Waals surface area contributed by atoms with Crippen LogP contribution >= 0.6 is 11.6 Å². The maximum atomic E-state index is 13.7. The number of rotatable bonds is 3. The van der Waals surface area contributed by atoms with Crippen LogP contribution in [0.4, 0.5) is 14.5 Å². The van der Waals surface area contributed by atoms with Crippen molar-refractivity contribution in [2.24, 2.45) is 0 Å². The molecule has 0 saturated heterocycles. The van der Waals surface area contributed by atoms with E-state index in [1.54, 1.807) is 12.1 Å². The van der Waals surface area contributed by atoms with Gasteiger partial charge in [0.05, 0.1) is 22.3 Å². The summed E-state index contributed by atoms with van der Waals surface area (Å²) in [5.74, 6) is -1.99. The molecule has 110 valence electrons. The lowest BCUT2D eigenvalue weighted by atomic mass is 10.1. The van der Waals surface area contributed by atoms with Crippen LogP contribution in [-0.4, -0.2) is 5.91 Å². The highest BCUT2D eigenvalue weighted by molar-refractivity contribution is 6.33. The van der Waals surface area contributed by atoms with Crippen LogP contribution in [0, 0.1) is 11.6 Å². The molecule has 0 spiro atoms. The number of nitrogens with one attached hydrogen (secondary N) is 1. The summed E-state index contributed by atoms with van der Waals surface area (Å²) >= 11 is 5.84. The summed E-state index contributed by atoms with van der Waals surface area (Å²) in [5, 5.41) is 2.75. The number of carbonyl (C=O) groups excluding carboxylic acids is 1. The molecule has 0 fully saturated rings. The fourth-order valence-electron chi connectivity index (χ4n) is 2.01. The third-order valence-electron chi connectivity index (χ3n) is 3.08. The number of amides is 1. The van der Waals surface area contributed by atoms with Crippen molar-refractivity contribution in [3.63, 3.8) is 0 Å². The molecular formula is C15H13ClF2N2O. The first-order chi connectivity index (χ1) is 9.91. The summed E-state index contributed by atoms with van der Waals surface area (Å²) in [6, 6.07) is 7.29. The molecule has 0 aliphatic heterocycles. The van der Waals surface area contributed by atoms with Gasteiger partial charge < -0.3 is 11.1 Å². The quantitative estimate of drug-likeness (QED) is 0.849. The van der Waals surface area contributed by atoms with Crippen LogP contribution in [0.15, 0.2) is 36.4 Å². The van der Waals surface area contributed by atoms with Gasteiger partial charge >= 0.3 is 0 Å². The Morgan fingerprint density at radius 3 is 2.38 bits per heavy atom. The number of para-hydroxylation sites is 1. The van der Waals surface area contributed by atoms with E-state index in [2.05, 4.69) is 5.32 Å². The molecule has 0 aliphatic rings. The van der Waals surface area contributed by atoms with Crippen molar-refractivity contribution in [1.29, 1.82) is 0 Å². The maximum absolute atomic E-state index is 13.7. The van der Waals surface area contributed by atoms with E-state index >= 15 is 0 Å². The van der Waals surface area contributed by atoms with E-state index in [1.165, 1.54) is 19.1 Å². The third kappa shape index (κ3) is 3.13. The molecule has 0 aliphatic carbocycles. The minimum Gasteiger partial charge on any atom is -0.397 e. The highest BCUT2D eigenvalue weighted by Gasteiger charge is 2.20. The Labute approximate surface area is 125 Å². The van der Waals surface area contributed by atoms with Gasteiger partial charge in [-0.15, -0.1) is 0 Å². The first kappa shape index (κ1) is 15.3. The van der Waals surface area contributed by atoms with E-state index in [0.717, 1.165) is 12.1 Å². The number of nitrogen functional groups attached to an aromatic ring is 1. The van der Waals surface area contributed by atoms with Crippen LogP contribution in [0.25, 0.3) is 0 Å². The summed E-state index contributed by atoms with van der Waals surface area (Å²) in [4.78, 5) is 12.1. The number of anilines is 1. The van der Waals surface area contributed by atoms with E-state index in [0.29, 0.717) is 0 Å². The SMILES string of the molecule is CC(NC(=O)c1cccc(Cl)c1N)c1c(F)cccc1F. The predicted molar refractivity (Wildman–Crippen MR) is 78.1 cm³/mol. The Hall–Kier alpha value is -2.14. The van der Waals surface area contributed by atoms with Gasteiger partial charge in [0, 0.05) is 5.56 Å². The smallest absolute Gasteiger partial charge is 0.253 e. The molecule has 0 radical (unpaired) electrons. The van der Waals surface area contributed by atoms with E-state index in [1.807, 2.05) is 0 Å². The zero-order chi connectivity index (χ0) is 15.6. The molecule has 3 nitrogen and oxygen atoms in total. The van der Waals surface area contributed by atoms with Crippen LogP contribution in [0.1, 0.15) is 28.9 Å². The molecular weight excluding hydrogens is 298 g/mol. The first-order valence-electron chi connectivity index (χ1n) is 6.20. The average Bonchev–Trinajstić information content (AvgIpc) is 2.41. The summed E-state index contributed by atoms with van der Waals surface area (Å²) in [6.45, 7) is 1.49. The summed E-state index contributed by atoms with van der Waals surface area (Å²) in [6.07, 6.45) is 0. The Kier molecular flexibility index (Phi) is 4.43. The standard InChI is InChI=1S/C15H13ClF2N2O/c1-8(13-11(17)6-3-7-12(13)18)20-15(21)9-4-2-5-10(16)14(9)19/h2-8H,19H2,1H3,(H,20,21). The summed E-state index contributed by atoms with van der Waals surface area (Å²) in [5.41, 5.74) is 5.80. The van der Waals surface area contributed by atoms with Gasteiger partial charge in [0.1, 0.15) is 11.6 Å². The molecule has 2 aromatic rings. The fourth-order valence-corrected chi connectivity index (χ4v) is 2.18. The zero-order valence-electron chi connectivity index (χ0n) is 11.2. The molecule has 3 N–H and O–H groups in total. The highest BCUT2D eigenvalue weighted by atomic mass is 35.5. The van der Waals surface area contributed by atoms with Gasteiger partial charge in [-0.2, -0.15) is 0 Å². The van der Waals surface area contributed by atoms with Crippen molar-refractivity contribution in [1.82, 2.24) is 5.32 Å². The molecule has 0 heterocycles. The van der Waals surface area contributed by atoms with Gasteiger partial charge in [-0.1, -0.05) is 23.7 Å². The lowest BCUT2D eigenvalue weighted by molar-refractivity contribution is 0.0939. The molecule has 2 aromatic carbocycles. The average molecular weight is 311 g/mol. The van der Waals surface area contributed by atoms with Gasteiger partial charge in [-0.3, -0.25) is 4.79 Å². The third-order valence-corrected chi connectivity index (χ3v) is 3.41. The van der Waals surface area contributed by atoms with Crippen molar-refractivity contribution < 1.29 is 13.6 Å². The van der Waals surface area contributed by atoms with Gasteiger partial charge in [0.2, 0.25) is 0 Å². The highest BCUT2D eigenvalue weighted by Crippen LogP contribution is 2.24. The Morgan fingerprint density at radius 2 is 1.76 bits per heavy atom.